The van der Waals surface area contributed by atoms with Crippen molar-refractivity contribution in [1.82, 2.24) is 4.67 Å². The highest BCUT2D eigenvalue weighted by Crippen LogP contribution is 2.21. The lowest BCUT2D eigenvalue weighted by molar-refractivity contribution is -0.138. The topological polar surface area (TPSA) is 40.5 Å². The molecule has 1 atom stereocenters. The number of nitrogens with zero attached hydrogens (tertiary/aromatic N) is 1. The number of hydrogen-bond donors (Lipinski definition) is 1. The molecular weight excluding hydrogens is 185 g/mol. The predicted octanol–water partition coefficient (Wildman–Crippen LogP) is 1.99. The van der Waals surface area contributed by atoms with Crippen LogP contribution in [0.3, 0.4) is 0 Å². The summed E-state index contributed by atoms with van der Waals surface area (Å²) in [6.45, 7) is 6.03. The van der Waals surface area contributed by atoms with Gasteiger partial charge in [0.1, 0.15) is 0 Å². The monoisotopic (exact) mass is 205 g/mol. The SMILES string of the molecule is CC.O=C(O)CC1CCN(P)CC1. The molecule has 1 aliphatic rings. The van der Waals surface area contributed by atoms with Gasteiger partial charge in [-0.2, -0.15) is 0 Å². The Morgan fingerprint density at radius 1 is 1.46 bits per heavy atom. The zero-order chi connectivity index (χ0) is 10.3. The van der Waals surface area contributed by atoms with Crippen molar-refractivity contribution in [2.45, 2.75) is 33.1 Å². The summed E-state index contributed by atoms with van der Waals surface area (Å²) in [5.41, 5.74) is 0. The lowest BCUT2D eigenvalue weighted by Crippen LogP contribution is -2.27. The van der Waals surface area contributed by atoms with Gasteiger partial charge in [0.2, 0.25) is 0 Å². The number of aliphatic carboxylic acids is 1. The second kappa shape index (κ2) is 7.28. The van der Waals surface area contributed by atoms with E-state index >= 15 is 0 Å². The van der Waals surface area contributed by atoms with Gasteiger partial charge in [0.05, 0.1) is 0 Å². The summed E-state index contributed by atoms with van der Waals surface area (Å²) >= 11 is 0. The van der Waals surface area contributed by atoms with E-state index in [4.69, 9.17) is 5.11 Å². The normalized spacial score (nSPS) is 19.0. The van der Waals surface area contributed by atoms with Gasteiger partial charge in [0.15, 0.2) is 0 Å². The Hall–Kier alpha value is -0.140. The second-order valence-corrected chi connectivity index (χ2v) is 3.81. The molecule has 0 bridgehead atoms. The van der Waals surface area contributed by atoms with Gasteiger partial charge in [0.25, 0.3) is 0 Å². The molecule has 3 nitrogen and oxygen atoms in total. The lowest BCUT2D eigenvalue weighted by Gasteiger charge is -2.27. The molecule has 4 heteroatoms. The van der Waals surface area contributed by atoms with Crippen molar-refractivity contribution in [2.75, 3.05) is 13.1 Å². The maximum absolute atomic E-state index is 10.3. The Labute approximate surface area is 82.8 Å². The van der Waals surface area contributed by atoms with Gasteiger partial charge in [-0.15, -0.1) is 0 Å². The van der Waals surface area contributed by atoms with Crippen molar-refractivity contribution < 1.29 is 9.90 Å². The molecule has 1 heterocycles. The molecule has 0 aromatic heterocycles. The van der Waals surface area contributed by atoms with E-state index in [9.17, 15) is 4.79 Å². The number of carboxylic acid groups (broad SMARTS) is 1. The maximum Gasteiger partial charge on any atom is 0.303 e. The molecule has 1 saturated heterocycles. The molecule has 0 saturated carbocycles. The lowest BCUT2D eigenvalue weighted by atomic mass is 9.95. The summed E-state index contributed by atoms with van der Waals surface area (Å²) in [6, 6.07) is 0. The fourth-order valence-electron chi connectivity index (χ4n) is 1.40. The molecule has 0 amide bonds. The zero-order valence-corrected chi connectivity index (χ0v) is 9.65. The Balaban J connectivity index is 0.000000671. The van der Waals surface area contributed by atoms with Crippen LogP contribution in [0.2, 0.25) is 0 Å². The third kappa shape index (κ3) is 6.00. The second-order valence-electron chi connectivity index (χ2n) is 3.08. The van der Waals surface area contributed by atoms with Gasteiger partial charge < -0.3 is 5.11 Å². The number of hydrogen-bond acceptors (Lipinski definition) is 2. The molecule has 0 aromatic rings. The summed E-state index contributed by atoms with van der Waals surface area (Å²) < 4.78 is 2.17. The fourth-order valence-corrected chi connectivity index (χ4v) is 1.70. The van der Waals surface area contributed by atoms with E-state index in [0.717, 1.165) is 25.9 Å². The molecule has 78 valence electrons. The van der Waals surface area contributed by atoms with Gasteiger partial charge in [-0.1, -0.05) is 23.2 Å². The molecule has 1 rings (SSSR count). The first-order valence-corrected chi connectivity index (χ1v) is 5.41. The number of carbonyl (C=O) groups is 1. The highest BCUT2D eigenvalue weighted by Gasteiger charge is 2.18. The third-order valence-corrected chi connectivity index (χ3v) is 2.63. The molecule has 1 N–H and O–H groups in total. The van der Waals surface area contributed by atoms with Crippen LogP contribution in [0.4, 0.5) is 0 Å². The van der Waals surface area contributed by atoms with Crippen LogP contribution >= 0.6 is 9.39 Å². The van der Waals surface area contributed by atoms with E-state index in [-0.39, 0.29) is 0 Å². The van der Waals surface area contributed by atoms with Gasteiger partial charge >= 0.3 is 5.97 Å². The minimum atomic E-state index is -0.660. The Morgan fingerprint density at radius 3 is 2.31 bits per heavy atom. The minimum absolute atomic E-state index is 0.346. The van der Waals surface area contributed by atoms with Crippen LogP contribution in [0.15, 0.2) is 0 Å². The molecule has 1 fully saturated rings. The third-order valence-electron chi connectivity index (χ3n) is 2.11. The standard InChI is InChI=1S/C7H14NO2P.C2H6/c9-7(10)5-6-1-3-8(11)4-2-6;1-2/h6H,1-5,11H2,(H,9,10);1-2H3. The number of rotatable bonds is 2. The van der Waals surface area contributed by atoms with E-state index in [1.165, 1.54) is 0 Å². The van der Waals surface area contributed by atoms with Crippen molar-refractivity contribution in [2.24, 2.45) is 5.92 Å². The molecule has 0 spiro atoms. The van der Waals surface area contributed by atoms with E-state index in [1.54, 1.807) is 0 Å². The molecule has 13 heavy (non-hydrogen) atoms. The fraction of sp³-hybridized carbons (Fsp3) is 0.889. The molecule has 0 aliphatic carbocycles. The van der Waals surface area contributed by atoms with Crippen LogP contribution in [-0.4, -0.2) is 28.8 Å². The summed E-state index contributed by atoms with van der Waals surface area (Å²) in [5.74, 6) is -0.253. The van der Waals surface area contributed by atoms with Crippen molar-refractivity contribution in [3.05, 3.63) is 0 Å². The predicted molar refractivity (Wildman–Crippen MR) is 57.6 cm³/mol. The summed E-state index contributed by atoms with van der Waals surface area (Å²) in [5, 5.41) is 8.51. The van der Waals surface area contributed by atoms with E-state index in [1.807, 2.05) is 13.8 Å². The quantitative estimate of drug-likeness (QED) is 0.701. The molecule has 1 aliphatic heterocycles. The van der Waals surface area contributed by atoms with Crippen LogP contribution in [0.5, 0.6) is 0 Å². The van der Waals surface area contributed by atoms with Gasteiger partial charge in [-0.25, -0.2) is 0 Å². The van der Waals surface area contributed by atoms with Crippen LogP contribution in [0, 0.1) is 5.92 Å². The Bertz CT molecular complexity index is 145. The average molecular weight is 205 g/mol. The number of piperidine rings is 1. The molecular formula is C9H20NO2P. The first kappa shape index (κ1) is 12.9. The maximum atomic E-state index is 10.3. The summed E-state index contributed by atoms with van der Waals surface area (Å²) in [4.78, 5) is 10.3. The van der Waals surface area contributed by atoms with Gasteiger partial charge in [-0.05, 0) is 18.8 Å². The van der Waals surface area contributed by atoms with Crippen LogP contribution in [0.1, 0.15) is 33.1 Å². The van der Waals surface area contributed by atoms with Crippen LogP contribution < -0.4 is 0 Å². The van der Waals surface area contributed by atoms with Crippen molar-refractivity contribution in [3.63, 3.8) is 0 Å². The average Bonchev–Trinajstić information content (AvgIpc) is 2.12. The molecule has 0 radical (unpaired) electrons. The molecule has 0 aromatic carbocycles. The van der Waals surface area contributed by atoms with E-state index < -0.39 is 5.97 Å². The van der Waals surface area contributed by atoms with Crippen molar-refractivity contribution >= 4 is 15.4 Å². The van der Waals surface area contributed by atoms with Crippen LogP contribution in [-0.2, 0) is 4.79 Å². The zero-order valence-electron chi connectivity index (χ0n) is 8.49. The van der Waals surface area contributed by atoms with E-state index in [2.05, 4.69) is 14.1 Å². The summed E-state index contributed by atoms with van der Waals surface area (Å²) in [6.07, 6.45) is 2.39. The number of carboxylic acids is 1. The van der Waals surface area contributed by atoms with Gasteiger partial charge in [-0.3, -0.25) is 9.46 Å². The highest BCUT2D eigenvalue weighted by atomic mass is 31.0. The van der Waals surface area contributed by atoms with Gasteiger partial charge in [0, 0.05) is 19.5 Å². The Morgan fingerprint density at radius 2 is 1.92 bits per heavy atom. The van der Waals surface area contributed by atoms with Crippen LogP contribution in [0.25, 0.3) is 0 Å². The van der Waals surface area contributed by atoms with Crippen molar-refractivity contribution in [1.29, 1.82) is 0 Å². The van der Waals surface area contributed by atoms with E-state index in [0.29, 0.717) is 12.3 Å². The molecule has 1 unspecified atom stereocenters. The van der Waals surface area contributed by atoms with Crippen molar-refractivity contribution in [3.8, 4) is 0 Å². The largest absolute Gasteiger partial charge is 0.481 e. The Kier molecular flexibility index (Phi) is 7.20. The first-order valence-electron chi connectivity index (χ1n) is 4.90. The smallest absolute Gasteiger partial charge is 0.303 e. The first-order chi connectivity index (χ1) is 6.18. The highest BCUT2D eigenvalue weighted by molar-refractivity contribution is 7.13. The summed E-state index contributed by atoms with van der Waals surface area (Å²) in [7, 11) is 2.65. The minimum Gasteiger partial charge on any atom is -0.481 e.